The van der Waals surface area contributed by atoms with E-state index in [9.17, 15) is 9.59 Å². The number of benzene rings is 1. The van der Waals surface area contributed by atoms with Gasteiger partial charge in [-0.25, -0.2) is 0 Å². The number of halogens is 1. The van der Waals surface area contributed by atoms with Crippen LogP contribution in [0.2, 0.25) is 0 Å². The largest absolute Gasteiger partial charge is 0.336 e. The van der Waals surface area contributed by atoms with Crippen LogP contribution in [0, 0.1) is 0 Å². The molecule has 0 bridgehead atoms. The normalized spacial score (nSPS) is 10.2. The van der Waals surface area contributed by atoms with Gasteiger partial charge in [0.25, 0.3) is 0 Å². The first-order chi connectivity index (χ1) is 9.54. The second kappa shape index (κ2) is 9.02. The van der Waals surface area contributed by atoms with Gasteiger partial charge in [-0.3, -0.25) is 9.59 Å². The molecule has 110 valence electrons. The van der Waals surface area contributed by atoms with Gasteiger partial charge in [-0.05, 0) is 40.2 Å². The second-order valence-electron chi connectivity index (χ2n) is 4.33. The minimum absolute atomic E-state index is 0.0225. The Bertz CT molecular complexity index is 468. The van der Waals surface area contributed by atoms with Gasteiger partial charge in [0.1, 0.15) is 0 Å². The van der Waals surface area contributed by atoms with Crippen molar-refractivity contribution in [3.8, 4) is 0 Å². The minimum Gasteiger partial charge on any atom is -0.336 e. The lowest BCUT2D eigenvalue weighted by Gasteiger charge is -2.17. The third-order valence-corrected chi connectivity index (χ3v) is 4.37. The van der Waals surface area contributed by atoms with Crippen LogP contribution in [0.1, 0.15) is 13.3 Å². The Morgan fingerprint density at radius 3 is 2.70 bits per heavy atom. The van der Waals surface area contributed by atoms with Gasteiger partial charge in [-0.2, -0.15) is 11.8 Å². The number of amides is 2. The van der Waals surface area contributed by atoms with E-state index in [0.717, 1.165) is 16.6 Å². The highest BCUT2D eigenvalue weighted by molar-refractivity contribution is 9.10. The van der Waals surface area contributed by atoms with Crippen LogP contribution in [0.25, 0.3) is 0 Å². The topological polar surface area (TPSA) is 49.4 Å². The van der Waals surface area contributed by atoms with Gasteiger partial charge in [-0.15, -0.1) is 0 Å². The zero-order valence-electron chi connectivity index (χ0n) is 11.7. The first-order valence-electron chi connectivity index (χ1n) is 6.40. The summed E-state index contributed by atoms with van der Waals surface area (Å²) in [6.45, 7) is 2.14. The number of hydrogen-bond acceptors (Lipinski definition) is 3. The second-order valence-corrected chi connectivity index (χ2v) is 6.29. The number of anilines is 1. The molecule has 1 N–H and O–H groups in total. The van der Waals surface area contributed by atoms with Gasteiger partial charge in [0.15, 0.2) is 0 Å². The monoisotopic (exact) mass is 358 g/mol. The van der Waals surface area contributed by atoms with Crippen molar-refractivity contribution in [3.63, 3.8) is 0 Å². The molecule has 4 nitrogen and oxygen atoms in total. The zero-order valence-corrected chi connectivity index (χ0v) is 14.1. The average molecular weight is 359 g/mol. The van der Waals surface area contributed by atoms with E-state index in [4.69, 9.17) is 0 Å². The van der Waals surface area contributed by atoms with Crippen molar-refractivity contribution in [2.45, 2.75) is 13.3 Å². The molecule has 6 heteroatoms. The average Bonchev–Trinajstić information content (AvgIpc) is 2.41. The number of nitrogens with one attached hydrogen (secondary N) is 1. The van der Waals surface area contributed by atoms with E-state index < -0.39 is 0 Å². The number of likely N-dealkylation sites (N-methyl/N-ethyl adjacent to an activating group) is 1. The van der Waals surface area contributed by atoms with Crippen LogP contribution < -0.4 is 5.32 Å². The molecule has 0 aliphatic heterocycles. The molecule has 0 aliphatic rings. The Morgan fingerprint density at radius 1 is 1.35 bits per heavy atom. The molecule has 0 fully saturated rings. The maximum Gasteiger partial charge on any atom is 0.244 e. The number of thioether (sulfide) groups is 1. The van der Waals surface area contributed by atoms with Crippen LogP contribution in [0.3, 0.4) is 0 Å². The van der Waals surface area contributed by atoms with Crippen LogP contribution in [-0.4, -0.2) is 41.8 Å². The van der Waals surface area contributed by atoms with Crippen LogP contribution in [0.5, 0.6) is 0 Å². The fraction of sp³-hybridized carbons (Fsp3) is 0.429. The lowest BCUT2D eigenvalue weighted by atomic mass is 10.3. The number of hydrogen-bond donors (Lipinski definition) is 1. The molecular formula is C14H19BrN2O2S. The van der Waals surface area contributed by atoms with E-state index in [-0.39, 0.29) is 18.4 Å². The molecule has 0 atom stereocenters. The maximum absolute atomic E-state index is 11.9. The number of nitrogens with zero attached hydrogens (tertiary/aromatic N) is 1. The quantitative estimate of drug-likeness (QED) is 0.762. The van der Waals surface area contributed by atoms with Gasteiger partial charge >= 0.3 is 0 Å². The molecular weight excluding hydrogens is 340 g/mol. The number of carbonyl (C=O) groups is 2. The Labute approximate surface area is 132 Å². The van der Waals surface area contributed by atoms with Gasteiger partial charge in [0, 0.05) is 11.5 Å². The highest BCUT2D eigenvalue weighted by Crippen LogP contribution is 2.20. The van der Waals surface area contributed by atoms with E-state index in [0.29, 0.717) is 11.4 Å². The maximum atomic E-state index is 11.9. The molecule has 2 amide bonds. The summed E-state index contributed by atoms with van der Waals surface area (Å²) in [6.07, 6.45) is 1.05. The molecule has 0 heterocycles. The first-order valence-corrected chi connectivity index (χ1v) is 8.35. The van der Waals surface area contributed by atoms with Crippen molar-refractivity contribution < 1.29 is 9.59 Å². The lowest BCUT2D eigenvalue weighted by Crippen LogP contribution is -2.36. The van der Waals surface area contributed by atoms with Gasteiger partial charge in [0.2, 0.25) is 11.8 Å². The summed E-state index contributed by atoms with van der Waals surface area (Å²) in [5, 5.41) is 2.78. The van der Waals surface area contributed by atoms with Gasteiger partial charge in [0.05, 0.1) is 18.0 Å². The number of para-hydroxylation sites is 1. The fourth-order valence-electron chi connectivity index (χ4n) is 1.47. The van der Waals surface area contributed by atoms with Gasteiger partial charge < -0.3 is 10.2 Å². The van der Waals surface area contributed by atoms with Crippen LogP contribution >= 0.6 is 27.7 Å². The summed E-state index contributed by atoms with van der Waals surface area (Å²) < 4.78 is 0.820. The standard InChI is InChI=1S/C14H19BrN2O2S/c1-3-8-20-10-14(19)17(2)9-13(18)16-12-7-5-4-6-11(12)15/h4-7H,3,8-10H2,1-2H3,(H,16,18). The van der Waals surface area contributed by atoms with E-state index in [1.54, 1.807) is 24.9 Å². The van der Waals surface area contributed by atoms with Crippen molar-refractivity contribution in [2.75, 3.05) is 30.4 Å². The van der Waals surface area contributed by atoms with Gasteiger partial charge in [-0.1, -0.05) is 19.1 Å². The molecule has 0 radical (unpaired) electrons. The third-order valence-electron chi connectivity index (χ3n) is 2.53. The smallest absolute Gasteiger partial charge is 0.244 e. The zero-order chi connectivity index (χ0) is 15.0. The molecule has 0 saturated carbocycles. The van der Waals surface area contributed by atoms with E-state index >= 15 is 0 Å². The summed E-state index contributed by atoms with van der Waals surface area (Å²) in [6, 6.07) is 7.38. The van der Waals surface area contributed by atoms with E-state index in [2.05, 4.69) is 28.2 Å². The van der Waals surface area contributed by atoms with Crippen molar-refractivity contribution in [2.24, 2.45) is 0 Å². The van der Waals surface area contributed by atoms with Crippen LogP contribution in [0.4, 0.5) is 5.69 Å². The number of rotatable bonds is 7. The Balaban J connectivity index is 2.42. The molecule has 1 aromatic rings. The van der Waals surface area contributed by atoms with Crippen LogP contribution in [-0.2, 0) is 9.59 Å². The summed E-state index contributed by atoms with van der Waals surface area (Å²) in [4.78, 5) is 25.1. The molecule has 20 heavy (non-hydrogen) atoms. The molecule has 0 aromatic heterocycles. The van der Waals surface area contributed by atoms with E-state index in [1.165, 1.54) is 4.90 Å². The minimum atomic E-state index is -0.201. The highest BCUT2D eigenvalue weighted by atomic mass is 79.9. The number of carbonyl (C=O) groups excluding carboxylic acids is 2. The summed E-state index contributed by atoms with van der Waals surface area (Å²) >= 11 is 4.96. The molecule has 0 saturated heterocycles. The van der Waals surface area contributed by atoms with Crippen molar-refractivity contribution >= 4 is 45.2 Å². The molecule has 1 rings (SSSR count). The molecule has 1 aromatic carbocycles. The first kappa shape index (κ1) is 17.0. The predicted octanol–water partition coefficient (Wildman–Crippen LogP) is 2.99. The summed E-state index contributed by atoms with van der Waals surface area (Å²) in [5.74, 6) is 1.16. The third kappa shape index (κ3) is 5.96. The fourth-order valence-corrected chi connectivity index (χ4v) is 2.68. The SMILES string of the molecule is CCCSCC(=O)N(C)CC(=O)Nc1ccccc1Br. The van der Waals surface area contributed by atoms with Crippen molar-refractivity contribution in [1.29, 1.82) is 0 Å². The van der Waals surface area contributed by atoms with E-state index in [1.807, 2.05) is 18.2 Å². The Morgan fingerprint density at radius 2 is 2.05 bits per heavy atom. The molecule has 0 spiro atoms. The molecule has 0 unspecified atom stereocenters. The summed E-state index contributed by atoms with van der Waals surface area (Å²) in [5.41, 5.74) is 0.707. The lowest BCUT2D eigenvalue weighted by molar-refractivity contribution is -0.131. The Hall–Kier alpha value is -1.01. The van der Waals surface area contributed by atoms with Crippen molar-refractivity contribution in [3.05, 3.63) is 28.7 Å². The van der Waals surface area contributed by atoms with Crippen molar-refractivity contribution in [1.82, 2.24) is 4.90 Å². The highest BCUT2D eigenvalue weighted by Gasteiger charge is 2.13. The summed E-state index contributed by atoms with van der Waals surface area (Å²) in [7, 11) is 1.65. The predicted molar refractivity (Wildman–Crippen MR) is 88.0 cm³/mol. The molecule has 0 aliphatic carbocycles. The van der Waals surface area contributed by atoms with Crippen LogP contribution in [0.15, 0.2) is 28.7 Å². The Kier molecular flexibility index (Phi) is 7.69.